The van der Waals surface area contributed by atoms with Gasteiger partial charge in [0.25, 0.3) is 5.91 Å². The molecule has 0 spiro atoms. The Morgan fingerprint density at radius 2 is 2.20 bits per heavy atom. The quantitative estimate of drug-likeness (QED) is 0.879. The third-order valence-electron chi connectivity index (χ3n) is 3.46. The Balaban J connectivity index is 1.79. The molecule has 0 aliphatic carbocycles. The Morgan fingerprint density at radius 3 is 3.05 bits per heavy atom. The number of fused-ring (bicyclic) bond motifs is 1. The van der Waals surface area contributed by atoms with Gasteiger partial charge in [-0.25, -0.2) is 0 Å². The van der Waals surface area contributed by atoms with Crippen LogP contribution in [0, 0.1) is 6.92 Å². The van der Waals surface area contributed by atoms with Gasteiger partial charge in [0.05, 0.1) is 0 Å². The van der Waals surface area contributed by atoms with Gasteiger partial charge in [0.15, 0.2) is 0 Å². The number of anilines is 2. The third kappa shape index (κ3) is 2.64. The highest BCUT2D eigenvalue weighted by atomic mass is 16.1. The van der Waals surface area contributed by atoms with Crippen LogP contribution >= 0.6 is 0 Å². The van der Waals surface area contributed by atoms with Gasteiger partial charge in [-0.2, -0.15) is 0 Å². The van der Waals surface area contributed by atoms with Gasteiger partial charge < -0.3 is 10.6 Å². The molecule has 0 atom stereocenters. The van der Waals surface area contributed by atoms with Gasteiger partial charge in [-0.05, 0) is 55.7 Å². The smallest absolute Gasteiger partial charge is 0.255 e. The lowest BCUT2D eigenvalue weighted by molar-refractivity contribution is 0.102. The summed E-state index contributed by atoms with van der Waals surface area (Å²) in [6, 6.07) is 9.52. The van der Waals surface area contributed by atoms with Crippen molar-refractivity contribution in [2.24, 2.45) is 0 Å². The second-order valence-corrected chi connectivity index (χ2v) is 5.04. The molecule has 1 aliphatic rings. The predicted octanol–water partition coefficient (Wildman–Crippen LogP) is 3.00. The summed E-state index contributed by atoms with van der Waals surface area (Å²) in [7, 11) is 0. The van der Waals surface area contributed by atoms with E-state index in [1.54, 1.807) is 18.3 Å². The van der Waals surface area contributed by atoms with E-state index in [2.05, 4.69) is 15.6 Å². The van der Waals surface area contributed by atoms with E-state index in [9.17, 15) is 4.79 Å². The summed E-state index contributed by atoms with van der Waals surface area (Å²) in [5.41, 5.74) is 4.75. The third-order valence-corrected chi connectivity index (χ3v) is 3.46. The van der Waals surface area contributed by atoms with Gasteiger partial charge >= 0.3 is 0 Å². The van der Waals surface area contributed by atoms with E-state index in [0.717, 1.165) is 30.8 Å². The summed E-state index contributed by atoms with van der Waals surface area (Å²) in [6.45, 7) is 2.90. The van der Waals surface area contributed by atoms with Crippen LogP contribution in [0.4, 0.5) is 11.4 Å². The summed E-state index contributed by atoms with van der Waals surface area (Å²) in [5, 5.41) is 6.30. The molecule has 1 aromatic heterocycles. The number of carbonyl (C=O) groups is 1. The van der Waals surface area contributed by atoms with Crippen LogP contribution in [0.25, 0.3) is 0 Å². The zero-order valence-corrected chi connectivity index (χ0v) is 11.4. The average molecular weight is 267 g/mol. The van der Waals surface area contributed by atoms with Crippen LogP contribution in [0.5, 0.6) is 0 Å². The van der Waals surface area contributed by atoms with Crippen molar-refractivity contribution in [1.82, 2.24) is 4.98 Å². The van der Waals surface area contributed by atoms with Gasteiger partial charge in [0.1, 0.15) is 0 Å². The Kier molecular flexibility index (Phi) is 3.37. The molecule has 102 valence electrons. The highest BCUT2D eigenvalue weighted by Crippen LogP contribution is 2.25. The first-order valence-electron chi connectivity index (χ1n) is 6.83. The van der Waals surface area contributed by atoms with Crippen LogP contribution in [-0.4, -0.2) is 17.4 Å². The van der Waals surface area contributed by atoms with E-state index in [4.69, 9.17) is 0 Å². The molecule has 2 N–H and O–H groups in total. The number of amides is 1. The van der Waals surface area contributed by atoms with Gasteiger partial charge in [0, 0.05) is 35.4 Å². The highest BCUT2D eigenvalue weighted by molar-refractivity contribution is 6.04. The molecule has 3 rings (SSSR count). The molecule has 20 heavy (non-hydrogen) atoms. The first kappa shape index (κ1) is 12.7. The molecule has 4 heteroatoms. The molecular formula is C16H17N3O. The standard InChI is InChI=1S/C16H17N3O/c1-11-9-13(6-8-17-11)16(20)19-14-4-5-15-12(10-14)3-2-7-18-15/h4-6,8-10,18H,2-3,7H2,1H3,(H,19,20). The molecule has 4 nitrogen and oxygen atoms in total. The van der Waals surface area contributed by atoms with E-state index in [0.29, 0.717) is 5.56 Å². The number of benzene rings is 1. The minimum atomic E-state index is -0.0979. The fourth-order valence-electron chi connectivity index (χ4n) is 2.44. The number of hydrogen-bond acceptors (Lipinski definition) is 3. The molecule has 2 heterocycles. The number of pyridine rings is 1. The second kappa shape index (κ2) is 5.33. The van der Waals surface area contributed by atoms with Crippen molar-refractivity contribution < 1.29 is 4.79 Å². The largest absolute Gasteiger partial charge is 0.385 e. The normalized spacial score (nSPS) is 13.2. The molecule has 0 saturated carbocycles. The van der Waals surface area contributed by atoms with Crippen LogP contribution in [-0.2, 0) is 6.42 Å². The number of aryl methyl sites for hydroxylation is 2. The average Bonchev–Trinajstić information content (AvgIpc) is 2.47. The molecule has 0 bridgehead atoms. The first-order valence-corrected chi connectivity index (χ1v) is 6.83. The molecule has 0 unspecified atom stereocenters. The molecule has 1 amide bonds. The van der Waals surface area contributed by atoms with Crippen LogP contribution in [0.15, 0.2) is 36.5 Å². The van der Waals surface area contributed by atoms with Crippen LogP contribution in [0.3, 0.4) is 0 Å². The Labute approximate surface area is 118 Å². The summed E-state index contributed by atoms with van der Waals surface area (Å²) in [6.07, 6.45) is 3.84. The van der Waals surface area contributed by atoms with Crippen molar-refractivity contribution in [2.75, 3.05) is 17.2 Å². The number of nitrogens with one attached hydrogen (secondary N) is 2. The molecular weight excluding hydrogens is 250 g/mol. The minimum Gasteiger partial charge on any atom is -0.385 e. The van der Waals surface area contributed by atoms with E-state index in [1.165, 1.54) is 11.3 Å². The van der Waals surface area contributed by atoms with Crippen LogP contribution in [0.1, 0.15) is 28.0 Å². The minimum absolute atomic E-state index is 0.0979. The van der Waals surface area contributed by atoms with Gasteiger partial charge in [-0.15, -0.1) is 0 Å². The fraction of sp³-hybridized carbons (Fsp3) is 0.250. The van der Waals surface area contributed by atoms with Crippen LogP contribution in [0.2, 0.25) is 0 Å². The molecule has 2 aromatic rings. The van der Waals surface area contributed by atoms with Crippen molar-refractivity contribution in [3.8, 4) is 0 Å². The lowest BCUT2D eigenvalue weighted by Crippen LogP contribution is -2.15. The Hall–Kier alpha value is -2.36. The molecule has 1 aromatic carbocycles. The lowest BCUT2D eigenvalue weighted by atomic mass is 10.0. The summed E-state index contributed by atoms with van der Waals surface area (Å²) >= 11 is 0. The zero-order chi connectivity index (χ0) is 13.9. The molecule has 1 aliphatic heterocycles. The van der Waals surface area contributed by atoms with Gasteiger partial charge in [-0.3, -0.25) is 9.78 Å². The Bertz CT molecular complexity index is 652. The summed E-state index contributed by atoms with van der Waals surface area (Å²) < 4.78 is 0. The number of rotatable bonds is 2. The SMILES string of the molecule is Cc1cc(C(=O)Nc2ccc3c(c2)CCCN3)ccn1. The van der Waals surface area contributed by atoms with E-state index < -0.39 is 0 Å². The van der Waals surface area contributed by atoms with Gasteiger partial charge in [0.2, 0.25) is 0 Å². The first-order chi connectivity index (χ1) is 9.72. The number of aromatic nitrogens is 1. The number of nitrogens with zero attached hydrogens (tertiary/aromatic N) is 1. The molecule has 0 radical (unpaired) electrons. The maximum absolute atomic E-state index is 12.2. The van der Waals surface area contributed by atoms with Crippen molar-refractivity contribution in [1.29, 1.82) is 0 Å². The highest BCUT2D eigenvalue weighted by Gasteiger charge is 2.11. The number of hydrogen-bond donors (Lipinski definition) is 2. The van der Waals surface area contributed by atoms with Crippen molar-refractivity contribution in [3.05, 3.63) is 53.3 Å². The predicted molar refractivity (Wildman–Crippen MR) is 80.2 cm³/mol. The van der Waals surface area contributed by atoms with Crippen LogP contribution < -0.4 is 10.6 Å². The maximum atomic E-state index is 12.2. The monoisotopic (exact) mass is 267 g/mol. The fourth-order valence-corrected chi connectivity index (χ4v) is 2.44. The second-order valence-electron chi connectivity index (χ2n) is 5.04. The summed E-state index contributed by atoms with van der Waals surface area (Å²) in [4.78, 5) is 16.3. The number of carbonyl (C=O) groups excluding carboxylic acids is 1. The molecule has 0 fully saturated rings. The summed E-state index contributed by atoms with van der Waals surface area (Å²) in [5.74, 6) is -0.0979. The van der Waals surface area contributed by atoms with Crippen molar-refractivity contribution in [2.45, 2.75) is 19.8 Å². The van der Waals surface area contributed by atoms with E-state index in [1.807, 2.05) is 25.1 Å². The Morgan fingerprint density at radius 1 is 1.30 bits per heavy atom. The zero-order valence-electron chi connectivity index (χ0n) is 11.4. The van der Waals surface area contributed by atoms with E-state index in [-0.39, 0.29) is 5.91 Å². The molecule has 0 saturated heterocycles. The topological polar surface area (TPSA) is 54.0 Å². The lowest BCUT2D eigenvalue weighted by Gasteiger charge is -2.18. The van der Waals surface area contributed by atoms with Crippen molar-refractivity contribution >= 4 is 17.3 Å². The van der Waals surface area contributed by atoms with E-state index >= 15 is 0 Å². The van der Waals surface area contributed by atoms with Gasteiger partial charge in [-0.1, -0.05) is 0 Å². The maximum Gasteiger partial charge on any atom is 0.255 e. The van der Waals surface area contributed by atoms with Crippen molar-refractivity contribution in [3.63, 3.8) is 0 Å².